The first-order chi connectivity index (χ1) is 17.8. The van der Waals surface area contributed by atoms with Gasteiger partial charge in [-0.05, 0) is 67.6 Å². The monoisotopic (exact) mass is 639 g/mol. The van der Waals surface area contributed by atoms with Gasteiger partial charge in [0.15, 0.2) is 0 Å². The van der Waals surface area contributed by atoms with Gasteiger partial charge in [0.05, 0.1) is 17.1 Å². The summed E-state index contributed by atoms with van der Waals surface area (Å²) >= 11 is 6.97. The fourth-order valence-corrected chi connectivity index (χ4v) is 6.98. The minimum absolute atomic E-state index is 0.00283. The Bertz CT molecular complexity index is 1350. The summed E-state index contributed by atoms with van der Waals surface area (Å²) in [5, 5.41) is 6.69. The number of hydrogen-bond acceptors (Lipinski definition) is 3. The van der Waals surface area contributed by atoms with Crippen molar-refractivity contribution in [2.45, 2.75) is 58.9 Å². The molecule has 200 valence electrons. The van der Waals surface area contributed by atoms with Crippen LogP contribution in [0.4, 0.5) is 17.1 Å². The molecule has 2 amide bonds. The van der Waals surface area contributed by atoms with Crippen LogP contribution in [0.5, 0.6) is 0 Å². The highest BCUT2D eigenvalue weighted by atomic mass is 79.9. The van der Waals surface area contributed by atoms with Gasteiger partial charge < -0.3 is 15.5 Å². The summed E-state index contributed by atoms with van der Waals surface area (Å²) in [6, 6.07) is 20.0. The van der Waals surface area contributed by atoms with Crippen LogP contribution in [0.15, 0.2) is 69.6 Å². The molecule has 1 atom stereocenters. The molecule has 1 heterocycles. The fraction of sp³-hybridized carbons (Fsp3) is 0.355. The summed E-state index contributed by atoms with van der Waals surface area (Å²) in [7, 11) is 0. The lowest BCUT2D eigenvalue weighted by molar-refractivity contribution is -0.117. The Balaban J connectivity index is 1.92. The highest BCUT2D eigenvalue weighted by molar-refractivity contribution is 9.11. The number of hydrogen-bond donors (Lipinski definition) is 2. The lowest BCUT2D eigenvalue weighted by atomic mass is 9.65. The van der Waals surface area contributed by atoms with Gasteiger partial charge in [-0.15, -0.1) is 0 Å². The van der Waals surface area contributed by atoms with E-state index in [4.69, 9.17) is 0 Å². The molecule has 0 radical (unpaired) electrons. The summed E-state index contributed by atoms with van der Waals surface area (Å²) in [5.74, 6) is 0.183. The van der Waals surface area contributed by atoms with E-state index in [2.05, 4.69) is 107 Å². The van der Waals surface area contributed by atoms with E-state index in [1.165, 1.54) is 5.56 Å². The van der Waals surface area contributed by atoms with Gasteiger partial charge in [0, 0.05) is 38.9 Å². The molecule has 3 aromatic carbocycles. The van der Waals surface area contributed by atoms with Crippen LogP contribution in [-0.4, -0.2) is 23.9 Å². The summed E-state index contributed by atoms with van der Waals surface area (Å²) in [6.45, 7) is 13.1. The topological polar surface area (TPSA) is 61.4 Å². The SMILES string of the molecule is CC(=O)N1c2cc(NCC(C)C)c(NC(=O)c3cc(Br)cc(Br)c3)cc2C(C)(c2ccccc2)CC1(C)C. The molecule has 0 bridgehead atoms. The van der Waals surface area contributed by atoms with Gasteiger partial charge in [-0.1, -0.05) is 83.0 Å². The molecule has 0 saturated heterocycles. The molecule has 0 aromatic heterocycles. The van der Waals surface area contributed by atoms with Crippen LogP contribution in [0.3, 0.4) is 0 Å². The summed E-state index contributed by atoms with van der Waals surface area (Å²) in [6.07, 6.45) is 0.737. The zero-order valence-corrected chi connectivity index (χ0v) is 26.0. The average molecular weight is 641 g/mol. The van der Waals surface area contributed by atoms with E-state index in [-0.39, 0.29) is 17.2 Å². The van der Waals surface area contributed by atoms with Crippen molar-refractivity contribution >= 4 is 60.7 Å². The third-order valence-electron chi connectivity index (χ3n) is 7.16. The van der Waals surface area contributed by atoms with E-state index >= 15 is 0 Å². The van der Waals surface area contributed by atoms with E-state index in [0.717, 1.165) is 38.8 Å². The van der Waals surface area contributed by atoms with Crippen molar-refractivity contribution in [1.29, 1.82) is 0 Å². The number of benzene rings is 3. The van der Waals surface area contributed by atoms with Crippen molar-refractivity contribution in [3.63, 3.8) is 0 Å². The number of amides is 2. The third-order valence-corrected chi connectivity index (χ3v) is 8.08. The minimum Gasteiger partial charge on any atom is -0.383 e. The second-order valence-electron chi connectivity index (χ2n) is 11.3. The van der Waals surface area contributed by atoms with Crippen molar-refractivity contribution in [2.75, 3.05) is 22.1 Å². The molecule has 38 heavy (non-hydrogen) atoms. The second-order valence-corrected chi connectivity index (χ2v) is 13.2. The van der Waals surface area contributed by atoms with Gasteiger partial charge in [0.2, 0.25) is 5.91 Å². The van der Waals surface area contributed by atoms with Crippen molar-refractivity contribution in [1.82, 2.24) is 0 Å². The van der Waals surface area contributed by atoms with Crippen LogP contribution >= 0.6 is 31.9 Å². The van der Waals surface area contributed by atoms with Gasteiger partial charge in [0.1, 0.15) is 0 Å². The van der Waals surface area contributed by atoms with Crippen molar-refractivity contribution in [2.24, 2.45) is 5.92 Å². The first kappa shape index (κ1) is 28.4. The molecule has 0 spiro atoms. The number of fused-ring (bicyclic) bond motifs is 1. The van der Waals surface area contributed by atoms with E-state index in [0.29, 0.717) is 17.2 Å². The van der Waals surface area contributed by atoms with E-state index < -0.39 is 5.54 Å². The Hall–Kier alpha value is -2.64. The number of anilines is 3. The highest BCUT2D eigenvalue weighted by Gasteiger charge is 2.47. The minimum atomic E-state index is -0.411. The summed E-state index contributed by atoms with van der Waals surface area (Å²) < 4.78 is 1.63. The molecule has 7 heteroatoms. The van der Waals surface area contributed by atoms with Crippen molar-refractivity contribution < 1.29 is 9.59 Å². The molecule has 4 rings (SSSR count). The zero-order chi connectivity index (χ0) is 27.8. The van der Waals surface area contributed by atoms with Crippen LogP contribution in [0.25, 0.3) is 0 Å². The van der Waals surface area contributed by atoms with Crippen LogP contribution < -0.4 is 15.5 Å². The molecular weight excluding hydrogens is 606 g/mol. The molecule has 5 nitrogen and oxygen atoms in total. The van der Waals surface area contributed by atoms with Gasteiger partial charge in [-0.2, -0.15) is 0 Å². The smallest absolute Gasteiger partial charge is 0.255 e. The molecule has 0 saturated carbocycles. The summed E-state index contributed by atoms with van der Waals surface area (Å²) in [5.41, 5.74) is 4.29. The Morgan fingerprint density at radius 3 is 2.16 bits per heavy atom. The predicted octanol–water partition coefficient (Wildman–Crippen LogP) is 8.37. The number of rotatable bonds is 6. The number of nitrogens with zero attached hydrogens (tertiary/aromatic N) is 1. The van der Waals surface area contributed by atoms with Crippen molar-refractivity contribution in [3.05, 3.63) is 86.3 Å². The van der Waals surface area contributed by atoms with Gasteiger partial charge >= 0.3 is 0 Å². The standard InChI is InChI=1S/C31H35Br2N3O2/c1-19(2)17-34-26-16-28-25(15-27(26)35-29(38)21-12-23(32)14-24(33)13-21)31(6,22-10-8-7-9-11-22)18-30(4,5)36(28)20(3)37/h7-16,19,34H,17-18H2,1-6H3,(H,35,38). The lowest BCUT2D eigenvalue weighted by Gasteiger charge is -2.51. The largest absolute Gasteiger partial charge is 0.383 e. The number of carbonyl (C=O) groups excluding carboxylic acids is 2. The molecular formula is C31H35Br2N3O2. The number of nitrogens with one attached hydrogen (secondary N) is 2. The maximum absolute atomic E-state index is 13.4. The van der Waals surface area contributed by atoms with Crippen LogP contribution in [0, 0.1) is 5.92 Å². The van der Waals surface area contributed by atoms with Crippen LogP contribution in [0.2, 0.25) is 0 Å². The second kappa shape index (κ2) is 10.9. The molecule has 1 aliphatic heterocycles. The maximum atomic E-state index is 13.4. The van der Waals surface area contributed by atoms with E-state index in [1.807, 2.05) is 23.1 Å². The first-order valence-electron chi connectivity index (χ1n) is 12.9. The quantitative estimate of drug-likeness (QED) is 0.285. The van der Waals surface area contributed by atoms with Gasteiger partial charge in [-0.3, -0.25) is 9.59 Å². The third kappa shape index (κ3) is 5.69. The zero-order valence-electron chi connectivity index (χ0n) is 22.8. The van der Waals surface area contributed by atoms with Crippen LogP contribution in [0.1, 0.15) is 69.4 Å². The van der Waals surface area contributed by atoms with Gasteiger partial charge in [-0.25, -0.2) is 0 Å². The average Bonchev–Trinajstić information content (AvgIpc) is 2.82. The number of carbonyl (C=O) groups is 2. The predicted molar refractivity (Wildman–Crippen MR) is 164 cm³/mol. The Morgan fingerprint density at radius 1 is 0.947 bits per heavy atom. The molecule has 2 N–H and O–H groups in total. The molecule has 0 fully saturated rings. The fourth-order valence-electron chi connectivity index (χ4n) is 5.68. The Morgan fingerprint density at radius 2 is 1.58 bits per heavy atom. The van der Waals surface area contributed by atoms with Crippen molar-refractivity contribution in [3.8, 4) is 0 Å². The Labute approximate surface area is 242 Å². The molecule has 1 unspecified atom stereocenters. The lowest BCUT2D eigenvalue weighted by Crippen LogP contribution is -2.55. The van der Waals surface area contributed by atoms with E-state index in [1.54, 1.807) is 19.1 Å². The first-order valence-corrected chi connectivity index (χ1v) is 14.5. The number of halogens is 2. The Kier molecular flexibility index (Phi) is 8.10. The highest BCUT2D eigenvalue weighted by Crippen LogP contribution is 2.52. The molecule has 0 aliphatic carbocycles. The van der Waals surface area contributed by atoms with Crippen LogP contribution in [-0.2, 0) is 10.2 Å². The van der Waals surface area contributed by atoms with Gasteiger partial charge in [0.25, 0.3) is 5.91 Å². The molecule has 1 aliphatic rings. The molecule has 3 aromatic rings. The normalized spacial score (nSPS) is 18.2. The summed E-state index contributed by atoms with van der Waals surface area (Å²) in [4.78, 5) is 28.4. The maximum Gasteiger partial charge on any atom is 0.255 e. The van der Waals surface area contributed by atoms with E-state index in [9.17, 15) is 9.59 Å².